The van der Waals surface area contributed by atoms with Gasteiger partial charge in [-0.25, -0.2) is 0 Å². The van der Waals surface area contributed by atoms with Crippen LogP contribution in [-0.4, -0.2) is 38.3 Å². The smallest absolute Gasteiger partial charge is 0.0673 e. The second-order valence-electron chi connectivity index (χ2n) is 4.93. The van der Waals surface area contributed by atoms with Crippen molar-refractivity contribution in [3.8, 4) is 0 Å². The van der Waals surface area contributed by atoms with E-state index in [-0.39, 0.29) is 0 Å². The number of nitrogens with one attached hydrogen (secondary N) is 1. The summed E-state index contributed by atoms with van der Waals surface area (Å²) in [6.07, 6.45) is 3.46. The molecule has 0 saturated heterocycles. The molecule has 0 fully saturated rings. The second kappa shape index (κ2) is 7.80. The van der Waals surface area contributed by atoms with Crippen LogP contribution in [0.25, 0.3) is 0 Å². The minimum Gasteiger partial charge on any atom is -0.380 e. The van der Waals surface area contributed by atoms with Crippen molar-refractivity contribution in [3.05, 3.63) is 33.5 Å². The Labute approximate surface area is 120 Å². The summed E-state index contributed by atoms with van der Waals surface area (Å²) in [4.78, 5) is 5.41. The largest absolute Gasteiger partial charge is 0.380 e. The summed E-state index contributed by atoms with van der Waals surface area (Å²) in [6.45, 7) is 8.25. The molecule has 2 rings (SSSR count). The molecule has 1 N–H and O–H groups in total. The molecule has 1 aliphatic heterocycles. The van der Waals surface area contributed by atoms with Crippen molar-refractivity contribution in [1.82, 2.24) is 10.2 Å². The Morgan fingerprint density at radius 2 is 2.21 bits per heavy atom. The number of nitrogens with zero attached hydrogens (tertiary/aromatic N) is 1. The molecule has 4 heteroatoms. The number of rotatable bonds is 7. The van der Waals surface area contributed by atoms with Gasteiger partial charge in [-0.2, -0.15) is 0 Å². The van der Waals surface area contributed by atoms with Gasteiger partial charge in [0.1, 0.15) is 0 Å². The van der Waals surface area contributed by atoms with Crippen molar-refractivity contribution < 1.29 is 4.74 Å². The van der Waals surface area contributed by atoms with Gasteiger partial charge in [0.15, 0.2) is 0 Å². The van der Waals surface area contributed by atoms with Crippen molar-refractivity contribution in [3.63, 3.8) is 0 Å². The van der Waals surface area contributed by atoms with Crippen LogP contribution < -0.4 is 5.32 Å². The maximum Gasteiger partial charge on any atom is 0.0673 e. The maximum atomic E-state index is 5.18. The van der Waals surface area contributed by atoms with Gasteiger partial charge >= 0.3 is 0 Å². The molecule has 0 aliphatic carbocycles. The molecule has 0 unspecified atom stereocenters. The highest BCUT2D eigenvalue weighted by molar-refractivity contribution is 7.11. The molecule has 0 atom stereocenters. The fourth-order valence-corrected chi connectivity index (χ4v) is 3.31. The third-order valence-corrected chi connectivity index (χ3v) is 4.43. The first-order valence-corrected chi connectivity index (χ1v) is 7.81. The summed E-state index contributed by atoms with van der Waals surface area (Å²) in [7, 11) is 1.77. The lowest BCUT2D eigenvalue weighted by Gasteiger charge is -2.25. The second-order valence-corrected chi connectivity index (χ2v) is 6.18. The van der Waals surface area contributed by atoms with E-state index in [1.165, 1.54) is 15.3 Å². The third-order valence-electron chi connectivity index (χ3n) is 3.36. The predicted octanol–water partition coefficient (Wildman–Crippen LogP) is 2.64. The highest BCUT2D eigenvalue weighted by Crippen LogP contribution is 2.20. The van der Waals surface area contributed by atoms with Gasteiger partial charge < -0.3 is 10.1 Å². The molecule has 0 bridgehead atoms. The summed E-state index contributed by atoms with van der Waals surface area (Å²) in [5.74, 6) is 0. The van der Waals surface area contributed by atoms with Crippen LogP contribution in [0.2, 0.25) is 0 Å². The third kappa shape index (κ3) is 4.73. The Morgan fingerprint density at radius 1 is 1.37 bits per heavy atom. The monoisotopic (exact) mass is 280 g/mol. The quantitative estimate of drug-likeness (QED) is 0.777. The standard InChI is InChI=1S/C15H24N2OS/c1-3-16-10-14-4-5-15(19-14)11-17-8-6-13(7-9-17)12-18-2/h4-6,16H,3,7-12H2,1-2H3. The summed E-state index contributed by atoms with van der Waals surface area (Å²) in [6, 6.07) is 4.52. The Bertz CT molecular complexity index is 414. The number of methoxy groups -OCH3 is 1. The summed E-state index contributed by atoms with van der Waals surface area (Å²) >= 11 is 1.93. The van der Waals surface area contributed by atoms with Crippen LogP contribution in [0.1, 0.15) is 23.1 Å². The zero-order valence-corrected chi connectivity index (χ0v) is 12.8. The minimum atomic E-state index is 0.791. The van der Waals surface area contributed by atoms with Crippen molar-refractivity contribution in [2.45, 2.75) is 26.4 Å². The van der Waals surface area contributed by atoms with Crippen molar-refractivity contribution in [1.29, 1.82) is 0 Å². The van der Waals surface area contributed by atoms with E-state index in [0.29, 0.717) is 0 Å². The lowest BCUT2D eigenvalue weighted by Crippen LogP contribution is -2.28. The van der Waals surface area contributed by atoms with E-state index < -0.39 is 0 Å². The molecule has 2 heterocycles. The van der Waals surface area contributed by atoms with Gasteiger partial charge in [-0.05, 0) is 30.7 Å². The van der Waals surface area contributed by atoms with Gasteiger partial charge in [0.2, 0.25) is 0 Å². The Hall–Kier alpha value is -0.680. The van der Waals surface area contributed by atoms with Gasteiger partial charge in [0.25, 0.3) is 0 Å². The van der Waals surface area contributed by atoms with Gasteiger partial charge in [-0.3, -0.25) is 4.90 Å². The van der Waals surface area contributed by atoms with Crippen LogP contribution >= 0.6 is 11.3 Å². The van der Waals surface area contributed by atoms with E-state index in [2.05, 4.69) is 35.3 Å². The molecule has 0 radical (unpaired) electrons. The highest BCUT2D eigenvalue weighted by atomic mass is 32.1. The van der Waals surface area contributed by atoms with Gasteiger partial charge in [-0.15, -0.1) is 11.3 Å². The molecule has 0 spiro atoms. The molecule has 0 saturated carbocycles. The molecule has 0 amide bonds. The summed E-state index contributed by atoms with van der Waals surface area (Å²) < 4.78 is 5.18. The first-order chi connectivity index (χ1) is 9.31. The Balaban J connectivity index is 1.80. The van der Waals surface area contributed by atoms with Crippen LogP contribution in [0.15, 0.2) is 23.8 Å². The zero-order valence-electron chi connectivity index (χ0n) is 11.9. The molecule has 1 aromatic heterocycles. The molecule has 3 nitrogen and oxygen atoms in total. The average molecular weight is 280 g/mol. The molecule has 1 aliphatic rings. The molecule has 1 aromatic rings. The number of ether oxygens (including phenoxy) is 1. The summed E-state index contributed by atoms with van der Waals surface area (Å²) in [5, 5.41) is 3.37. The lowest BCUT2D eigenvalue weighted by molar-refractivity contribution is 0.210. The first-order valence-electron chi connectivity index (χ1n) is 6.99. The van der Waals surface area contributed by atoms with Gasteiger partial charge in [0.05, 0.1) is 6.61 Å². The van der Waals surface area contributed by atoms with Gasteiger partial charge in [-0.1, -0.05) is 13.0 Å². The normalized spacial score (nSPS) is 16.6. The molecule has 19 heavy (non-hydrogen) atoms. The molecule has 0 aromatic carbocycles. The van der Waals surface area contributed by atoms with E-state index in [4.69, 9.17) is 4.74 Å². The van der Waals surface area contributed by atoms with Gasteiger partial charge in [0, 0.05) is 43.0 Å². The fraction of sp³-hybridized carbons (Fsp3) is 0.600. The number of thiophene rings is 1. The molecular weight excluding hydrogens is 256 g/mol. The first kappa shape index (κ1) is 14.7. The highest BCUT2D eigenvalue weighted by Gasteiger charge is 2.12. The number of hydrogen-bond donors (Lipinski definition) is 1. The lowest BCUT2D eigenvalue weighted by atomic mass is 10.1. The maximum absolute atomic E-state index is 5.18. The van der Waals surface area contributed by atoms with Crippen LogP contribution in [0.5, 0.6) is 0 Å². The van der Waals surface area contributed by atoms with Crippen LogP contribution in [0, 0.1) is 0 Å². The Morgan fingerprint density at radius 3 is 2.89 bits per heavy atom. The van der Waals surface area contributed by atoms with Crippen LogP contribution in [-0.2, 0) is 17.8 Å². The van der Waals surface area contributed by atoms with E-state index in [0.717, 1.165) is 45.8 Å². The Kier molecular flexibility index (Phi) is 6.04. The van der Waals surface area contributed by atoms with Crippen LogP contribution in [0.3, 0.4) is 0 Å². The van der Waals surface area contributed by atoms with E-state index in [1.54, 1.807) is 7.11 Å². The van der Waals surface area contributed by atoms with Crippen molar-refractivity contribution >= 4 is 11.3 Å². The topological polar surface area (TPSA) is 24.5 Å². The fourth-order valence-electron chi connectivity index (χ4n) is 2.28. The zero-order chi connectivity index (χ0) is 13.5. The van der Waals surface area contributed by atoms with E-state index in [1.807, 2.05) is 11.3 Å². The summed E-state index contributed by atoms with van der Waals surface area (Å²) in [5.41, 5.74) is 1.44. The average Bonchev–Trinajstić information content (AvgIpc) is 2.87. The van der Waals surface area contributed by atoms with Crippen molar-refractivity contribution in [2.75, 3.05) is 33.4 Å². The SMILES string of the molecule is CCNCc1ccc(CN2CC=C(COC)CC2)s1. The van der Waals surface area contributed by atoms with Crippen molar-refractivity contribution in [2.24, 2.45) is 0 Å². The van der Waals surface area contributed by atoms with E-state index in [9.17, 15) is 0 Å². The predicted molar refractivity (Wildman–Crippen MR) is 81.6 cm³/mol. The minimum absolute atomic E-state index is 0.791. The molecular formula is C15H24N2OS. The van der Waals surface area contributed by atoms with Crippen LogP contribution in [0.4, 0.5) is 0 Å². The number of hydrogen-bond acceptors (Lipinski definition) is 4. The van der Waals surface area contributed by atoms with E-state index >= 15 is 0 Å². The molecule has 106 valence electrons.